The van der Waals surface area contributed by atoms with Crippen molar-refractivity contribution in [2.24, 2.45) is 11.7 Å². The number of rotatable bonds is 3. The van der Waals surface area contributed by atoms with E-state index < -0.39 is 0 Å². The standard InChI is InChI=1S/C8H15N/c1-2-4-8(9)7-5-3-6-7/h2,7-8H,1,3-6,9H2/t8-/m1/s1. The van der Waals surface area contributed by atoms with Crippen LogP contribution in [0, 0.1) is 5.92 Å². The van der Waals surface area contributed by atoms with Crippen molar-refractivity contribution in [1.82, 2.24) is 0 Å². The van der Waals surface area contributed by atoms with Gasteiger partial charge in [0.15, 0.2) is 0 Å². The van der Waals surface area contributed by atoms with Crippen molar-refractivity contribution in [3.63, 3.8) is 0 Å². The van der Waals surface area contributed by atoms with Crippen LogP contribution in [0.2, 0.25) is 0 Å². The maximum Gasteiger partial charge on any atom is 0.0102 e. The molecule has 0 aromatic carbocycles. The normalized spacial score (nSPS) is 22.8. The summed E-state index contributed by atoms with van der Waals surface area (Å²) in [4.78, 5) is 0. The molecule has 0 spiro atoms. The zero-order chi connectivity index (χ0) is 6.69. The van der Waals surface area contributed by atoms with Crippen LogP contribution in [0.1, 0.15) is 25.7 Å². The lowest BCUT2D eigenvalue weighted by Crippen LogP contribution is -2.33. The molecular weight excluding hydrogens is 110 g/mol. The van der Waals surface area contributed by atoms with Gasteiger partial charge in [-0.15, -0.1) is 6.58 Å². The quantitative estimate of drug-likeness (QED) is 0.571. The minimum atomic E-state index is 0.399. The van der Waals surface area contributed by atoms with E-state index in [4.69, 9.17) is 5.73 Å². The highest BCUT2D eigenvalue weighted by atomic mass is 14.7. The summed E-state index contributed by atoms with van der Waals surface area (Å²) < 4.78 is 0. The molecule has 0 saturated heterocycles. The lowest BCUT2D eigenvalue weighted by molar-refractivity contribution is 0.262. The van der Waals surface area contributed by atoms with Gasteiger partial charge >= 0.3 is 0 Å². The second-order valence-electron chi connectivity index (χ2n) is 2.88. The smallest absolute Gasteiger partial charge is 0.0102 e. The molecule has 0 bridgehead atoms. The Balaban J connectivity index is 2.15. The minimum Gasteiger partial charge on any atom is -0.327 e. The second kappa shape index (κ2) is 3.02. The van der Waals surface area contributed by atoms with Gasteiger partial charge in [0.2, 0.25) is 0 Å². The highest BCUT2D eigenvalue weighted by Crippen LogP contribution is 2.29. The Labute approximate surface area is 56.9 Å². The second-order valence-corrected chi connectivity index (χ2v) is 2.88. The van der Waals surface area contributed by atoms with E-state index in [1.165, 1.54) is 19.3 Å². The van der Waals surface area contributed by atoms with Crippen molar-refractivity contribution in [2.75, 3.05) is 0 Å². The molecule has 1 nitrogen and oxygen atoms in total. The third kappa shape index (κ3) is 1.55. The molecule has 0 aliphatic heterocycles. The zero-order valence-corrected chi connectivity index (χ0v) is 5.84. The van der Waals surface area contributed by atoms with E-state index in [0.717, 1.165) is 12.3 Å². The Kier molecular flexibility index (Phi) is 2.29. The first kappa shape index (κ1) is 6.81. The average molecular weight is 125 g/mol. The van der Waals surface area contributed by atoms with Crippen molar-refractivity contribution >= 4 is 0 Å². The molecule has 2 N–H and O–H groups in total. The van der Waals surface area contributed by atoms with Crippen LogP contribution in [0.25, 0.3) is 0 Å². The van der Waals surface area contributed by atoms with E-state index in [1.54, 1.807) is 0 Å². The number of nitrogens with two attached hydrogens (primary N) is 1. The number of hydrogen-bond donors (Lipinski definition) is 1. The summed E-state index contributed by atoms with van der Waals surface area (Å²) in [6, 6.07) is 0.399. The molecule has 1 heteroatoms. The summed E-state index contributed by atoms with van der Waals surface area (Å²) in [6.07, 6.45) is 6.98. The predicted octanol–water partition coefficient (Wildman–Crippen LogP) is 1.69. The van der Waals surface area contributed by atoms with Gasteiger partial charge in [-0.1, -0.05) is 12.5 Å². The zero-order valence-electron chi connectivity index (χ0n) is 5.84. The molecule has 1 aliphatic carbocycles. The van der Waals surface area contributed by atoms with Crippen molar-refractivity contribution < 1.29 is 0 Å². The van der Waals surface area contributed by atoms with Gasteiger partial charge in [-0.2, -0.15) is 0 Å². The lowest BCUT2D eigenvalue weighted by Gasteiger charge is -2.30. The third-order valence-corrected chi connectivity index (χ3v) is 2.19. The van der Waals surface area contributed by atoms with E-state index >= 15 is 0 Å². The molecule has 1 fully saturated rings. The van der Waals surface area contributed by atoms with Crippen LogP contribution >= 0.6 is 0 Å². The molecule has 1 rings (SSSR count). The van der Waals surface area contributed by atoms with Crippen LogP contribution in [0.4, 0.5) is 0 Å². The van der Waals surface area contributed by atoms with E-state index in [2.05, 4.69) is 6.58 Å². The molecule has 0 heterocycles. The summed E-state index contributed by atoms with van der Waals surface area (Å²) in [7, 11) is 0. The molecule has 9 heavy (non-hydrogen) atoms. The molecule has 1 aliphatic rings. The Bertz CT molecular complexity index is 94.7. The maximum absolute atomic E-state index is 5.82. The Morgan fingerprint density at radius 3 is 2.67 bits per heavy atom. The van der Waals surface area contributed by atoms with Crippen molar-refractivity contribution in [3.05, 3.63) is 12.7 Å². The van der Waals surface area contributed by atoms with E-state index in [1.807, 2.05) is 6.08 Å². The van der Waals surface area contributed by atoms with Crippen LogP contribution in [0.3, 0.4) is 0 Å². The predicted molar refractivity (Wildman–Crippen MR) is 40.1 cm³/mol. The fraction of sp³-hybridized carbons (Fsp3) is 0.750. The van der Waals surface area contributed by atoms with Gasteiger partial charge in [-0.25, -0.2) is 0 Å². The topological polar surface area (TPSA) is 26.0 Å². The lowest BCUT2D eigenvalue weighted by atomic mass is 9.79. The minimum absolute atomic E-state index is 0.399. The van der Waals surface area contributed by atoms with Gasteiger partial charge in [-0.3, -0.25) is 0 Å². The van der Waals surface area contributed by atoms with Gasteiger partial charge in [0.25, 0.3) is 0 Å². The third-order valence-electron chi connectivity index (χ3n) is 2.19. The molecule has 0 radical (unpaired) electrons. The van der Waals surface area contributed by atoms with Gasteiger partial charge < -0.3 is 5.73 Å². The summed E-state index contributed by atoms with van der Waals surface area (Å²) in [6.45, 7) is 3.66. The van der Waals surface area contributed by atoms with Gasteiger partial charge in [0.1, 0.15) is 0 Å². The molecule has 1 atom stereocenters. The highest BCUT2D eigenvalue weighted by molar-refractivity contribution is 4.85. The van der Waals surface area contributed by atoms with E-state index in [0.29, 0.717) is 6.04 Å². The molecule has 0 aromatic rings. The first-order valence-corrected chi connectivity index (χ1v) is 3.71. The molecule has 0 aromatic heterocycles. The van der Waals surface area contributed by atoms with Crippen molar-refractivity contribution in [3.8, 4) is 0 Å². The molecule has 0 unspecified atom stereocenters. The monoisotopic (exact) mass is 125 g/mol. The van der Waals surface area contributed by atoms with Crippen LogP contribution in [-0.2, 0) is 0 Å². The summed E-state index contributed by atoms with van der Waals surface area (Å²) >= 11 is 0. The van der Waals surface area contributed by atoms with Gasteiger partial charge in [-0.05, 0) is 25.2 Å². The molecule has 1 saturated carbocycles. The van der Waals surface area contributed by atoms with E-state index in [9.17, 15) is 0 Å². The van der Waals surface area contributed by atoms with Crippen LogP contribution < -0.4 is 5.73 Å². The van der Waals surface area contributed by atoms with E-state index in [-0.39, 0.29) is 0 Å². The maximum atomic E-state index is 5.82. The fourth-order valence-corrected chi connectivity index (χ4v) is 1.25. The average Bonchev–Trinajstić information content (AvgIpc) is 1.60. The van der Waals surface area contributed by atoms with Crippen LogP contribution in [0.5, 0.6) is 0 Å². The first-order chi connectivity index (χ1) is 4.34. The van der Waals surface area contributed by atoms with Crippen LogP contribution in [0.15, 0.2) is 12.7 Å². The summed E-state index contributed by atoms with van der Waals surface area (Å²) in [5, 5.41) is 0. The van der Waals surface area contributed by atoms with Crippen molar-refractivity contribution in [1.29, 1.82) is 0 Å². The Morgan fingerprint density at radius 1 is 1.67 bits per heavy atom. The van der Waals surface area contributed by atoms with Crippen molar-refractivity contribution in [2.45, 2.75) is 31.7 Å². The molecule has 52 valence electrons. The number of hydrogen-bond acceptors (Lipinski definition) is 1. The summed E-state index contributed by atoms with van der Waals surface area (Å²) in [5.41, 5.74) is 5.82. The van der Waals surface area contributed by atoms with Crippen LogP contribution in [-0.4, -0.2) is 6.04 Å². The van der Waals surface area contributed by atoms with Gasteiger partial charge in [0, 0.05) is 6.04 Å². The van der Waals surface area contributed by atoms with Gasteiger partial charge in [0.05, 0.1) is 0 Å². The molecule has 0 amide bonds. The highest BCUT2D eigenvalue weighted by Gasteiger charge is 2.22. The first-order valence-electron chi connectivity index (χ1n) is 3.71. The Morgan fingerprint density at radius 2 is 2.33 bits per heavy atom. The Hall–Kier alpha value is -0.300. The largest absolute Gasteiger partial charge is 0.327 e. The fourth-order valence-electron chi connectivity index (χ4n) is 1.25. The molecular formula is C8H15N. The SMILES string of the molecule is C=CC[C@@H](N)C1CCC1. The summed E-state index contributed by atoms with van der Waals surface area (Å²) in [5.74, 6) is 0.808.